The van der Waals surface area contributed by atoms with Gasteiger partial charge in [0.15, 0.2) is 0 Å². The van der Waals surface area contributed by atoms with Crippen LogP contribution in [0.5, 0.6) is 0 Å². The van der Waals surface area contributed by atoms with Crippen molar-refractivity contribution in [3.8, 4) is 0 Å². The normalized spacial score (nSPS) is 26.4. The Balaban J connectivity index is 1.49. The molecule has 138 valence electrons. The van der Waals surface area contributed by atoms with Gasteiger partial charge in [-0.1, -0.05) is 6.07 Å². The summed E-state index contributed by atoms with van der Waals surface area (Å²) >= 11 is 0. The zero-order valence-corrected chi connectivity index (χ0v) is 15.3. The van der Waals surface area contributed by atoms with Gasteiger partial charge in [-0.2, -0.15) is 0 Å². The number of rotatable bonds is 7. The lowest BCUT2D eigenvalue weighted by Crippen LogP contribution is -2.43. The Morgan fingerprint density at radius 1 is 1.48 bits per heavy atom. The van der Waals surface area contributed by atoms with Crippen molar-refractivity contribution in [2.24, 2.45) is 5.92 Å². The van der Waals surface area contributed by atoms with E-state index in [1.54, 1.807) is 11.1 Å². The molecule has 2 aliphatic heterocycles. The van der Waals surface area contributed by atoms with Gasteiger partial charge in [-0.3, -0.25) is 14.7 Å². The Bertz CT molecular complexity index is 554. The second-order valence-electron chi connectivity index (χ2n) is 6.96. The average Bonchev–Trinajstić information content (AvgIpc) is 3.05. The Morgan fingerprint density at radius 3 is 3.12 bits per heavy atom. The lowest BCUT2D eigenvalue weighted by atomic mass is 9.91. The summed E-state index contributed by atoms with van der Waals surface area (Å²) in [6.07, 6.45) is 3.56. The highest BCUT2D eigenvalue weighted by Crippen LogP contribution is 2.33. The van der Waals surface area contributed by atoms with E-state index in [2.05, 4.69) is 9.88 Å². The Kier molecular flexibility index (Phi) is 6.39. The summed E-state index contributed by atoms with van der Waals surface area (Å²) < 4.78 is 11.6. The first-order chi connectivity index (χ1) is 12.2. The van der Waals surface area contributed by atoms with Gasteiger partial charge in [0.25, 0.3) is 5.91 Å². The van der Waals surface area contributed by atoms with Crippen LogP contribution in [0, 0.1) is 5.92 Å². The Morgan fingerprint density at radius 2 is 2.36 bits per heavy atom. The van der Waals surface area contributed by atoms with E-state index in [0.29, 0.717) is 12.5 Å². The molecule has 6 heteroatoms. The number of aromatic nitrogens is 1. The van der Waals surface area contributed by atoms with E-state index < -0.39 is 0 Å². The summed E-state index contributed by atoms with van der Waals surface area (Å²) in [5.74, 6) is 0.571. The molecule has 0 bridgehead atoms. The highest BCUT2D eigenvalue weighted by Gasteiger charge is 2.42. The first kappa shape index (κ1) is 18.3. The third kappa shape index (κ3) is 4.77. The fourth-order valence-electron chi connectivity index (χ4n) is 3.75. The van der Waals surface area contributed by atoms with E-state index in [1.807, 2.05) is 32.2 Å². The number of nitrogens with zero attached hydrogens (tertiary/aromatic N) is 3. The molecule has 2 saturated heterocycles. The van der Waals surface area contributed by atoms with Crippen LogP contribution in [-0.4, -0.2) is 72.8 Å². The van der Waals surface area contributed by atoms with Gasteiger partial charge in [-0.05, 0) is 44.4 Å². The fraction of sp³-hybridized carbons (Fsp3) is 0.684. The molecule has 25 heavy (non-hydrogen) atoms. The minimum Gasteiger partial charge on any atom is -0.380 e. The van der Waals surface area contributed by atoms with Crippen molar-refractivity contribution in [1.82, 2.24) is 14.8 Å². The number of likely N-dealkylation sites (N-methyl/N-ethyl adjacent to an activating group) is 1. The van der Waals surface area contributed by atoms with Crippen LogP contribution in [0.1, 0.15) is 25.5 Å². The van der Waals surface area contributed by atoms with Crippen LogP contribution in [0.25, 0.3) is 0 Å². The lowest BCUT2D eigenvalue weighted by Gasteiger charge is -2.33. The topological polar surface area (TPSA) is 54.9 Å². The number of ether oxygens (including phenoxy) is 2. The maximum absolute atomic E-state index is 12.7. The van der Waals surface area contributed by atoms with Crippen LogP contribution in [0.3, 0.4) is 0 Å². The quantitative estimate of drug-likeness (QED) is 0.701. The van der Waals surface area contributed by atoms with Crippen molar-refractivity contribution < 1.29 is 14.3 Å². The number of carbonyl (C=O) groups excluding carboxylic acids is 1. The summed E-state index contributed by atoms with van der Waals surface area (Å²) in [4.78, 5) is 21.1. The number of piperidine rings is 1. The molecule has 2 fully saturated rings. The molecule has 3 heterocycles. The minimum absolute atomic E-state index is 0.0703. The minimum atomic E-state index is -0.310. The van der Waals surface area contributed by atoms with E-state index in [-0.39, 0.29) is 18.1 Å². The molecule has 1 aromatic rings. The molecule has 0 saturated carbocycles. The molecule has 6 nitrogen and oxygen atoms in total. The summed E-state index contributed by atoms with van der Waals surface area (Å²) in [6.45, 7) is 6.99. The van der Waals surface area contributed by atoms with Gasteiger partial charge in [-0.25, -0.2) is 0 Å². The van der Waals surface area contributed by atoms with Gasteiger partial charge in [0.2, 0.25) is 0 Å². The number of hydrogen-bond donors (Lipinski definition) is 0. The molecule has 1 amide bonds. The van der Waals surface area contributed by atoms with Crippen LogP contribution in [0.15, 0.2) is 24.4 Å². The molecule has 2 aliphatic rings. The monoisotopic (exact) mass is 347 g/mol. The van der Waals surface area contributed by atoms with Gasteiger partial charge < -0.3 is 14.4 Å². The molecule has 1 aromatic heterocycles. The summed E-state index contributed by atoms with van der Waals surface area (Å²) in [7, 11) is 1.83. The molecule has 0 aliphatic carbocycles. The maximum atomic E-state index is 12.7. The van der Waals surface area contributed by atoms with Crippen molar-refractivity contribution in [1.29, 1.82) is 0 Å². The average molecular weight is 347 g/mol. The molecular formula is C19H29N3O3. The summed E-state index contributed by atoms with van der Waals surface area (Å²) in [5.41, 5.74) is 0.899. The molecule has 0 spiro atoms. The van der Waals surface area contributed by atoms with Crippen LogP contribution in [0.4, 0.5) is 0 Å². The largest absolute Gasteiger partial charge is 0.380 e. The van der Waals surface area contributed by atoms with Crippen molar-refractivity contribution in [3.05, 3.63) is 30.1 Å². The standard InChI is InChI=1S/C19H29N3O3/c1-3-24-11-10-22-9-7-15-12-17(25-18(15)14-22)19(23)21(2)13-16-6-4-5-8-20-16/h4-6,8,15,17-18H,3,7,9-14H2,1-2H3/t15-,17+,18+/m1/s1. The first-order valence-corrected chi connectivity index (χ1v) is 9.27. The molecule has 0 unspecified atom stereocenters. The Labute approximate surface area is 150 Å². The number of likely N-dealkylation sites (tertiary alicyclic amines) is 1. The molecular weight excluding hydrogens is 318 g/mol. The maximum Gasteiger partial charge on any atom is 0.251 e. The molecule has 3 rings (SSSR count). The predicted molar refractivity (Wildman–Crippen MR) is 95.0 cm³/mol. The van der Waals surface area contributed by atoms with E-state index in [0.717, 1.165) is 51.4 Å². The van der Waals surface area contributed by atoms with Crippen molar-refractivity contribution in [2.75, 3.05) is 39.9 Å². The van der Waals surface area contributed by atoms with Crippen LogP contribution < -0.4 is 0 Å². The SMILES string of the molecule is CCOCCN1CC[C@@H]2C[C@@H](C(=O)N(C)Cc3ccccn3)O[C@H]2C1. The highest BCUT2D eigenvalue weighted by atomic mass is 16.5. The number of hydrogen-bond acceptors (Lipinski definition) is 5. The zero-order valence-electron chi connectivity index (χ0n) is 15.3. The van der Waals surface area contributed by atoms with Crippen LogP contribution >= 0.6 is 0 Å². The van der Waals surface area contributed by atoms with Gasteiger partial charge in [0, 0.05) is 32.9 Å². The number of amides is 1. The molecule has 0 aromatic carbocycles. The third-order valence-corrected chi connectivity index (χ3v) is 5.17. The molecule has 3 atom stereocenters. The van der Waals surface area contributed by atoms with Gasteiger partial charge in [-0.15, -0.1) is 0 Å². The first-order valence-electron chi connectivity index (χ1n) is 9.27. The molecule has 0 N–H and O–H groups in total. The van der Waals surface area contributed by atoms with Gasteiger partial charge in [0.05, 0.1) is 24.9 Å². The third-order valence-electron chi connectivity index (χ3n) is 5.17. The predicted octanol–water partition coefficient (Wildman–Crippen LogP) is 1.56. The van der Waals surface area contributed by atoms with Crippen molar-refractivity contribution in [2.45, 2.75) is 38.5 Å². The zero-order chi connectivity index (χ0) is 17.6. The van der Waals surface area contributed by atoms with Crippen molar-refractivity contribution in [3.63, 3.8) is 0 Å². The van der Waals surface area contributed by atoms with E-state index >= 15 is 0 Å². The second-order valence-corrected chi connectivity index (χ2v) is 6.96. The lowest BCUT2D eigenvalue weighted by molar-refractivity contribution is -0.143. The fourth-order valence-corrected chi connectivity index (χ4v) is 3.75. The Hall–Kier alpha value is -1.50. The van der Waals surface area contributed by atoms with Gasteiger partial charge >= 0.3 is 0 Å². The summed E-state index contributed by atoms with van der Waals surface area (Å²) in [5, 5.41) is 0. The molecule has 0 radical (unpaired) electrons. The number of pyridine rings is 1. The van der Waals surface area contributed by atoms with E-state index in [1.165, 1.54) is 0 Å². The van der Waals surface area contributed by atoms with Crippen molar-refractivity contribution >= 4 is 5.91 Å². The van der Waals surface area contributed by atoms with E-state index in [9.17, 15) is 4.79 Å². The highest BCUT2D eigenvalue weighted by molar-refractivity contribution is 5.81. The summed E-state index contributed by atoms with van der Waals surface area (Å²) in [6, 6.07) is 5.76. The number of carbonyl (C=O) groups is 1. The van der Waals surface area contributed by atoms with E-state index in [4.69, 9.17) is 9.47 Å². The van der Waals surface area contributed by atoms with Crippen LogP contribution in [0.2, 0.25) is 0 Å². The van der Waals surface area contributed by atoms with Crippen LogP contribution in [-0.2, 0) is 20.8 Å². The van der Waals surface area contributed by atoms with Gasteiger partial charge in [0.1, 0.15) is 6.10 Å². The number of fused-ring (bicyclic) bond motifs is 1. The smallest absolute Gasteiger partial charge is 0.251 e. The second kappa shape index (κ2) is 8.74.